The molecule has 0 aliphatic heterocycles. The van der Waals surface area contributed by atoms with Crippen LogP contribution in [0.5, 0.6) is 0 Å². The van der Waals surface area contributed by atoms with Crippen LogP contribution in [0.4, 0.5) is 4.39 Å². The van der Waals surface area contributed by atoms with Gasteiger partial charge in [-0.25, -0.2) is 17.5 Å². The summed E-state index contributed by atoms with van der Waals surface area (Å²) in [5.74, 6) is 0.397. The summed E-state index contributed by atoms with van der Waals surface area (Å²) in [6, 6.07) is 21.9. The topological polar surface area (TPSA) is 75.3 Å². The molecule has 0 fully saturated rings. The monoisotopic (exact) mass is 478 g/mol. The number of rotatable bonds is 8. The number of fused-ring (bicyclic) bond motifs is 1. The van der Waals surface area contributed by atoms with Crippen molar-refractivity contribution < 1.29 is 17.6 Å². The Hall–Kier alpha value is -3.03. The number of halogens is 1. The molecule has 0 radical (unpaired) electrons. The Bertz CT molecular complexity index is 1260. The lowest BCUT2D eigenvalue weighted by molar-refractivity contribution is -0.121. The molecule has 1 atom stereocenters. The number of hydrogen-bond donors (Lipinski definition) is 2. The highest BCUT2D eigenvalue weighted by Gasteiger charge is 2.42. The van der Waals surface area contributed by atoms with Gasteiger partial charge in [0.2, 0.25) is 15.9 Å². The maximum Gasteiger partial charge on any atom is 0.240 e. The van der Waals surface area contributed by atoms with Gasteiger partial charge in [0, 0.05) is 31.3 Å². The zero-order valence-electron chi connectivity index (χ0n) is 18.7. The second-order valence-electron chi connectivity index (χ2n) is 9.04. The molecule has 0 heterocycles. The minimum atomic E-state index is -3.72. The van der Waals surface area contributed by atoms with Crippen LogP contribution in [-0.4, -0.2) is 27.4 Å². The Morgan fingerprint density at radius 1 is 0.882 bits per heavy atom. The Morgan fingerprint density at radius 3 is 2.09 bits per heavy atom. The number of hydrogen-bond acceptors (Lipinski definition) is 3. The fourth-order valence-electron chi connectivity index (χ4n) is 5.45. The molecule has 34 heavy (non-hydrogen) atoms. The zero-order chi connectivity index (χ0) is 23.7. The first kappa shape index (κ1) is 22.7. The minimum absolute atomic E-state index is 0.00580. The van der Waals surface area contributed by atoms with E-state index in [1.165, 1.54) is 34.4 Å². The van der Waals surface area contributed by atoms with Gasteiger partial charge in [-0.3, -0.25) is 4.79 Å². The molecule has 2 bridgehead atoms. The van der Waals surface area contributed by atoms with Gasteiger partial charge in [0.05, 0.1) is 4.90 Å². The predicted octanol–water partition coefficient (Wildman–Crippen LogP) is 4.30. The van der Waals surface area contributed by atoms with Crippen LogP contribution < -0.4 is 10.0 Å². The van der Waals surface area contributed by atoms with Gasteiger partial charge < -0.3 is 5.32 Å². The third kappa shape index (κ3) is 4.38. The molecule has 176 valence electrons. The maximum atomic E-state index is 13.0. The molecule has 1 unspecified atom stereocenters. The smallest absolute Gasteiger partial charge is 0.240 e. The highest BCUT2D eigenvalue weighted by molar-refractivity contribution is 7.89. The second kappa shape index (κ2) is 9.31. The van der Waals surface area contributed by atoms with E-state index in [0.717, 1.165) is 18.6 Å². The lowest BCUT2D eigenvalue weighted by Gasteiger charge is -2.45. The van der Waals surface area contributed by atoms with Crippen molar-refractivity contribution in [1.29, 1.82) is 0 Å². The molecule has 3 aliphatic carbocycles. The van der Waals surface area contributed by atoms with E-state index in [4.69, 9.17) is 0 Å². The van der Waals surface area contributed by atoms with Gasteiger partial charge in [-0.15, -0.1) is 0 Å². The SMILES string of the molecule is O=C(CCCNS(=O)(=O)c1ccc(F)cc1)NCC1CC2c3ccccc3C1c1ccccc12. The van der Waals surface area contributed by atoms with Crippen molar-refractivity contribution in [2.45, 2.75) is 36.0 Å². The molecule has 1 amide bonds. The van der Waals surface area contributed by atoms with Crippen LogP contribution in [0.2, 0.25) is 0 Å². The van der Waals surface area contributed by atoms with Crippen LogP contribution in [0.25, 0.3) is 0 Å². The van der Waals surface area contributed by atoms with E-state index in [9.17, 15) is 17.6 Å². The molecule has 0 saturated heterocycles. The van der Waals surface area contributed by atoms with Crippen molar-refractivity contribution >= 4 is 15.9 Å². The van der Waals surface area contributed by atoms with Gasteiger partial charge in [0.1, 0.15) is 5.82 Å². The average Bonchev–Trinajstić information content (AvgIpc) is 2.86. The van der Waals surface area contributed by atoms with Crippen LogP contribution in [-0.2, 0) is 14.8 Å². The lowest BCUT2D eigenvalue weighted by atomic mass is 9.59. The van der Waals surface area contributed by atoms with E-state index in [1.807, 2.05) is 0 Å². The van der Waals surface area contributed by atoms with Gasteiger partial charge in [0.15, 0.2) is 0 Å². The van der Waals surface area contributed by atoms with Gasteiger partial charge in [-0.2, -0.15) is 0 Å². The van der Waals surface area contributed by atoms with E-state index in [-0.39, 0.29) is 29.7 Å². The molecule has 3 aromatic rings. The summed E-state index contributed by atoms with van der Waals surface area (Å²) in [5.41, 5.74) is 5.54. The number of amides is 1. The zero-order valence-corrected chi connectivity index (χ0v) is 19.5. The van der Waals surface area contributed by atoms with E-state index in [1.54, 1.807) is 0 Å². The molecular formula is C27H27FN2O3S. The van der Waals surface area contributed by atoms with Crippen molar-refractivity contribution in [3.8, 4) is 0 Å². The van der Waals surface area contributed by atoms with Gasteiger partial charge in [-0.05, 0) is 65.3 Å². The third-order valence-corrected chi connectivity index (χ3v) is 8.46. The molecule has 2 N–H and O–H groups in total. The summed E-state index contributed by atoms with van der Waals surface area (Å²) >= 11 is 0. The Morgan fingerprint density at radius 2 is 1.47 bits per heavy atom. The van der Waals surface area contributed by atoms with Crippen LogP contribution >= 0.6 is 0 Å². The van der Waals surface area contributed by atoms with Crippen molar-refractivity contribution in [2.75, 3.05) is 13.1 Å². The summed E-state index contributed by atoms with van der Waals surface area (Å²) in [7, 11) is -3.72. The summed E-state index contributed by atoms with van der Waals surface area (Å²) in [6.07, 6.45) is 1.63. The van der Waals surface area contributed by atoms with E-state index >= 15 is 0 Å². The largest absolute Gasteiger partial charge is 0.356 e. The third-order valence-electron chi connectivity index (χ3n) is 6.98. The normalized spacial score (nSPS) is 20.4. The molecule has 3 aliphatic rings. The molecule has 0 aromatic heterocycles. The molecule has 0 spiro atoms. The van der Waals surface area contributed by atoms with Gasteiger partial charge in [-0.1, -0.05) is 48.5 Å². The van der Waals surface area contributed by atoms with Crippen molar-refractivity contribution in [1.82, 2.24) is 10.0 Å². The van der Waals surface area contributed by atoms with Crippen LogP contribution in [0.15, 0.2) is 77.7 Å². The first-order chi connectivity index (χ1) is 16.4. The highest BCUT2D eigenvalue weighted by atomic mass is 32.2. The number of carbonyl (C=O) groups is 1. The van der Waals surface area contributed by atoms with Crippen molar-refractivity contribution in [3.63, 3.8) is 0 Å². The first-order valence-electron chi connectivity index (χ1n) is 11.6. The second-order valence-corrected chi connectivity index (χ2v) is 10.8. The molecule has 5 nitrogen and oxygen atoms in total. The van der Waals surface area contributed by atoms with E-state index in [2.05, 4.69) is 58.6 Å². The molecular weight excluding hydrogens is 451 g/mol. The highest BCUT2D eigenvalue weighted by Crippen LogP contribution is 2.55. The van der Waals surface area contributed by atoms with Crippen molar-refractivity contribution in [2.24, 2.45) is 5.92 Å². The molecule has 0 saturated carbocycles. The predicted molar refractivity (Wildman–Crippen MR) is 129 cm³/mol. The number of sulfonamides is 1. The van der Waals surface area contributed by atoms with E-state index in [0.29, 0.717) is 24.8 Å². The van der Waals surface area contributed by atoms with Crippen LogP contribution in [0, 0.1) is 11.7 Å². The molecule has 6 rings (SSSR count). The number of nitrogens with one attached hydrogen (secondary N) is 2. The lowest BCUT2D eigenvalue weighted by Crippen LogP contribution is -2.39. The minimum Gasteiger partial charge on any atom is -0.356 e. The van der Waals surface area contributed by atoms with Gasteiger partial charge in [0.25, 0.3) is 0 Å². The van der Waals surface area contributed by atoms with Crippen LogP contribution in [0.3, 0.4) is 0 Å². The quantitative estimate of drug-likeness (QED) is 0.474. The van der Waals surface area contributed by atoms with Gasteiger partial charge >= 0.3 is 0 Å². The number of benzene rings is 3. The Balaban J connectivity index is 1.15. The summed E-state index contributed by atoms with van der Waals surface area (Å²) in [6.45, 7) is 0.742. The fraction of sp³-hybridized carbons (Fsp3) is 0.296. The Kier molecular flexibility index (Phi) is 6.23. The van der Waals surface area contributed by atoms with E-state index < -0.39 is 15.8 Å². The Labute approximate surface area is 199 Å². The fourth-order valence-corrected chi connectivity index (χ4v) is 6.52. The standard InChI is InChI=1S/C27H27FN2O3S/c28-19-11-13-20(14-12-19)34(32,33)30-15-5-10-26(31)29-17-18-16-25-21-6-1-3-8-23(21)27(18)24-9-4-2-7-22(24)25/h1-4,6-9,11-14,18,25,27,30H,5,10,15-17H2,(H,29,31). The summed E-state index contributed by atoms with van der Waals surface area (Å²) in [5, 5.41) is 3.08. The number of carbonyl (C=O) groups excluding carboxylic acids is 1. The van der Waals surface area contributed by atoms with Crippen molar-refractivity contribution in [3.05, 3.63) is 101 Å². The average molecular weight is 479 g/mol. The molecule has 3 aromatic carbocycles. The first-order valence-corrected chi connectivity index (χ1v) is 13.1. The molecule has 7 heteroatoms. The van der Waals surface area contributed by atoms with Crippen LogP contribution in [0.1, 0.15) is 53.4 Å². The maximum absolute atomic E-state index is 13.0. The summed E-state index contributed by atoms with van der Waals surface area (Å²) < 4.78 is 40.0. The summed E-state index contributed by atoms with van der Waals surface area (Å²) in [4.78, 5) is 12.5.